The molecule has 0 bridgehead atoms. The molecule has 2 aliphatic rings. The lowest BCUT2D eigenvalue weighted by Crippen LogP contribution is -2.13. The Kier molecular flexibility index (Phi) is 1.72. The third-order valence-electron chi connectivity index (χ3n) is 2.06. The molecule has 64 valence electrons. The van der Waals surface area contributed by atoms with Crippen LogP contribution >= 0.6 is 0 Å². The van der Waals surface area contributed by atoms with Crippen molar-refractivity contribution < 1.29 is 4.92 Å². The van der Waals surface area contributed by atoms with Gasteiger partial charge in [0.15, 0.2) is 0 Å². The quantitative estimate of drug-likeness (QED) is 0.345. The number of fused-ring (bicyclic) bond motifs is 1. The lowest BCUT2D eigenvalue weighted by Gasteiger charge is -2.13. The molecule has 0 saturated heterocycles. The summed E-state index contributed by atoms with van der Waals surface area (Å²) in [4.78, 5) is 10.3. The standard InChI is InChI=1S/C10H7NO2/c12-11(13)10-7-3-5-8-4-1-2-6-9(8)10/h1-4,6-7,9H. The molecule has 3 nitrogen and oxygen atoms in total. The van der Waals surface area contributed by atoms with E-state index in [2.05, 4.69) is 5.73 Å². The maximum absolute atomic E-state index is 10.6. The van der Waals surface area contributed by atoms with Crippen molar-refractivity contribution in [3.05, 3.63) is 63.6 Å². The highest BCUT2D eigenvalue weighted by Crippen LogP contribution is 2.27. The van der Waals surface area contributed by atoms with E-state index in [1.54, 1.807) is 6.08 Å². The molecule has 2 rings (SSSR count). The number of allylic oxidation sites excluding steroid dienone is 5. The summed E-state index contributed by atoms with van der Waals surface area (Å²) in [5.41, 5.74) is 4.05. The van der Waals surface area contributed by atoms with E-state index in [9.17, 15) is 10.1 Å². The molecule has 0 aromatic heterocycles. The van der Waals surface area contributed by atoms with E-state index in [1.165, 1.54) is 6.08 Å². The summed E-state index contributed by atoms with van der Waals surface area (Å²) in [6, 6.07) is 0. The van der Waals surface area contributed by atoms with Crippen LogP contribution in [0.3, 0.4) is 0 Å². The van der Waals surface area contributed by atoms with Gasteiger partial charge in [-0.2, -0.15) is 0 Å². The number of hydrogen-bond donors (Lipinski definition) is 0. The lowest BCUT2D eigenvalue weighted by molar-refractivity contribution is -0.430. The number of nitrogens with zero attached hydrogens (tertiary/aromatic N) is 1. The number of nitro groups is 1. The van der Waals surface area contributed by atoms with Crippen molar-refractivity contribution in [1.29, 1.82) is 0 Å². The first kappa shape index (κ1) is 7.77. The van der Waals surface area contributed by atoms with Gasteiger partial charge in [0.05, 0.1) is 4.92 Å². The molecule has 3 heteroatoms. The molecule has 0 radical (unpaired) electrons. The van der Waals surface area contributed by atoms with Crippen LogP contribution in [-0.2, 0) is 0 Å². The molecule has 2 aliphatic carbocycles. The second-order valence-corrected chi connectivity index (χ2v) is 2.84. The van der Waals surface area contributed by atoms with Gasteiger partial charge in [0.1, 0.15) is 5.92 Å². The molecule has 0 aromatic carbocycles. The van der Waals surface area contributed by atoms with Gasteiger partial charge in [-0.1, -0.05) is 24.3 Å². The lowest BCUT2D eigenvalue weighted by atomic mass is 9.90. The van der Waals surface area contributed by atoms with Crippen LogP contribution in [0.25, 0.3) is 0 Å². The van der Waals surface area contributed by atoms with Gasteiger partial charge in [-0.25, -0.2) is 0 Å². The number of rotatable bonds is 1. The molecule has 13 heavy (non-hydrogen) atoms. The van der Waals surface area contributed by atoms with Gasteiger partial charge in [0, 0.05) is 11.6 Å². The maximum Gasteiger partial charge on any atom is 0.258 e. The normalized spacial score (nSPS) is 23.5. The van der Waals surface area contributed by atoms with E-state index in [0.717, 1.165) is 5.57 Å². The van der Waals surface area contributed by atoms with Crippen molar-refractivity contribution in [3.63, 3.8) is 0 Å². The van der Waals surface area contributed by atoms with Crippen LogP contribution in [0.15, 0.2) is 53.5 Å². The summed E-state index contributed by atoms with van der Waals surface area (Å²) >= 11 is 0. The zero-order valence-electron chi connectivity index (χ0n) is 6.81. The minimum absolute atomic E-state index is 0.217. The predicted octanol–water partition coefficient (Wildman–Crippen LogP) is 1.98. The van der Waals surface area contributed by atoms with Gasteiger partial charge >= 0.3 is 0 Å². The summed E-state index contributed by atoms with van der Waals surface area (Å²) in [5, 5.41) is 10.6. The third-order valence-corrected chi connectivity index (χ3v) is 2.06. The minimum Gasteiger partial charge on any atom is -0.259 e. The molecule has 0 N–H and O–H groups in total. The average Bonchev–Trinajstić information content (AvgIpc) is 2.17. The van der Waals surface area contributed by atoms with Crippen molar-refractivity contribution in [3.8, 4) is 0 Å². The fourth-order valence-electron chi connectivity index (χ4n) is 1.44. The highest BCUT2D eigenvalue weighted by molar-refractivity contribution is 5.41. The highest BCUT2D eigenvalue weighted by Gasteiger charge is 2.26. The first-order valence-corrected chi connectivity index (χ1v) is 3.95. The smallest absolute Gasteiger partial charge is 0.258 e. The second kappa shape index (κ2) is 2.88. The Morgan fingerprint density at radius 3 is 3.08 bits per heavy atom. The first-order valence-electron chi connectivity index (χ1n) is 3.95. The van der Waals surface area contributed by atoms with Gasteiger partial charge in [-0.15, -0.1) is 5.73 Å². The Morgan fingerprint density at radius 2 is 2.31 bits per heavy atom. The highest BCUT2D eigenvalue weighted by atomic mass is 16.6. The first-order chi connectivity index (χ1) is 6.29. The molecule has 0 saturated carbocycles. The van der Waals surface area contributed by atoms with Gasteiger partial charge in [-0.05, 0) is 6.08 Å². The summed E-state index contributed by atoms with van der Waals surface area (Å²) in [6.07, 6.45) is 10.4. The van der Waals surface area contributed by atoms with Gasteiger partial charge in [0.2, 0.25) is 0 Å². The summed E-state index contributed by atoms with van der Waals surface area (Å²) < 4.78 is 0. The average molecular weight is 173 g/mol. The van der Waals surface area contributed by atoms with Gasteiger partial charge < -0.3 is 0 Å². The minimum atomic E-state index is -0.342. The van der Waals surface area contributed by atoms with Crippen LogP contribution in [0.2, 0.25) is 0 Å². The summed E-state index contributed by atoms with van der Waals surface area (Å²) in [5.74, 6) is -0.218. The fourth-order valence-corrected chi connectivity index (χ4v) is 1.44. The topological polar surface area (TPSA) is 43.1 Å². The summed E-state index contributed by atoms with van der Waals surface area (Å²) in [7, 11) is 0. The molecule has 0 fully saturated rings. The Balaban J connectivity index is 2.45. The molecular formula is C10H7NO2. The van der Waals surface area contributed by atoms with Crippen LogP contribution in [0, 0.1) is 16.0 Å². The van der Waals surface area contributed by atoms with Crippen molar-refractivity contribution in [2.45, 2.75) is 0 Å². The molecule has 0 amide bonds. The molecule has 0 aromatic rings. The Morgan fingerprint density at radius 1 is 1.46 bits per heavy atom. The zero-order chi connectivity index (χ0) is 9.26. The molecule has 0 heterocycles. The third kappa shape index (κ3) is 1.25. The largest absolute Gasteiger partial charge is 0.259 e. The van der Waals surface area contributed by atoms with Crippen LogP contribution in [0.4, 0.5) is 0 Å². The molecular weight excluding hydrogens is 166 g/mol. The van der Waals surface area contributed by atoms with E-state index < -0.39 is 0 Å². The Labute approximate surface area is 75.2 Å². The SMILES string of the molecule is O=[N+]([O-])C1=CC=C=C2C=CC=CC21. The molecule has 1 unspecified atom stereocenters. The zero-order valence-corrected chi connectivity index (χ0v) is 6.81. The van der Waals surface area contributed by atoms with E-state index in [-0.39, 0.29) is 16.5 Å². The van der Waals surface area contributed by atoms with E-state index in [4.69, 9.17) is 0 Å². The molecule has 0 aliphatic heterocycles. The molecule has 1 atom stereocenters. The van der Waals surface area contributed by atoms with E-state index in [1.807, 2.05) is 24.3 Å². The Hall–Kier alpha value is -1.86. The van der Waals surface area contributed by atoms with Crippen molar-refractivity contribution >= 4 is 0 Å². The van der Waals surface area contributed by atoms with Gasteiger partial charge in [-0.3, -0.25) is 10.1 Å². The maximum atomic E-state index is 10.6. The summed E-state index contributed by atoms with van der Waals surface area (Å²) in [6.45, 7) is 0. The van der Waals surface area contributed by atoms with Crippen molar-refractivity contribution in [1.82, 2.24) is 0 Å². The predicted molar refractivity (Wildman–Crippen MR) is 48.4 cm³/mol. The van der Waals surface area contributed by atoms with Crippen molar-refractivity contribution in [2.24, 2.45) is 5.92 Å². The van der Waals surface area contributed by atoms with Crippen molar-refractivity contribution in [2.75, 3.05) is 0 Å². The second-order valence-electron chi connectivity index (χ2n) is 2.84. The monoisotopic (exact) mass is 173 g/mol. The number of hydrogen-bond acceptors (Lipinski definition) is 2. The Bertz CT molecular complexity index is 407. The molecule has 0 spiro atoms. The van der Waals surface area contributed by atoms with Crippen LogP contribution in [0.5, 0.6) is 0 Å². The van der Waals surface area contributed by atoms with Gasteiger partial charge in [0.25, 0.3) is 5.70 Å². The van der Waals surface area contributed by atoms with E-state index in [0.29, 0.717) is 0 Å². The van der Waals surface area contributed by atoms with Crippen LogP contribution in [-0.4, -0.2) is 4.92 Å². The van der Waals surface area contributed by atoms with E-state index >= 15 is 0 Å². The fraction of sp³-hybridized carbons (Fsp3) is 0.100. The van der Waals surface area contributed by atoms with Crippen LogP contribution in [0.1, 0.15) is 0 Å². The van der Waals surface area contributed by atoms with Crippen LogP contribution < -0.4 is 0 Å².